The van der Waals surface area contributed by atoms with Gasteiger partial charge in [0.2, 0.25) is 0 Å². The van der Waals surface area contributed by atoms with Crippen molar-refractivity contribution >= 4 is 5.82 Å². The minimum atomic E-state index is -0.906. The van der Waals surface area contributed by atoms with E-state index >= 15 is 0 Å². The maximum atomic E-state index is 13.1. The van der Waals surface area contributed by atoms with Crippen LogP contribution in [0.3, 0.4) is 0 Å². The normalized spacial score (nSPS) is 21.1. The van der Waals surface area contributed by atoms with Gasteiger partial charge in [0.25, 0.3) is 0 Å². The summed E-state index contributed by atoms with van der Waals surface area (Å²) in [5.41, 5.74) is 0.277. The van der Waals surface area contributed by atoms with Gasteiger partial charge in [-0.15, -0.1) is 10.2 Å². The third-order valence-corrected chi connectivity index (χ3v) is 2.31. The summed E-state index contributed by atoms with van der Waals surface area (Å²) in [6, 6.07) is 5.18. The van der Waals surface area contributed by atoms with Gasteiger partial charge in [0, 0.05) is 6.54 Å². The van der Waals surface area contributed by atoms with Gasteiger partial charge in [0.15, 0.2) is 11.5 Å². The average molecular weight is 205 g/mol. The van der Waals surface area contributed by atoms with Crippen molar-refractivity contribution in [2.45, 2.75) is 12.6 Å². The van der Waals surface area contributed by atoms with E-state index in [0.29, 0.717) is 18.8 Å². The molecule has 0 aromatic carbocycles. The average Bonchev–Trinajstić information content (AvgIpc) is 2.29. The molecule has 0 saturated carbocycles. The predicted octanol–water partition coefficient (Wildman–Crippen LogP) is 1.10. The molecule has 15 heavy (non-hydrogen) atoms. The molecule has 0 bridgehead atoms. The number of halogens is 1. The fourth-order valence-corrected chi connectivity index (χ4v) is 1.55. The van der Waals surface area contributed by atoms with Crippen LogP contribution in [0.4, 0.5) is 10.2 Å². The molecule has 1 aromatic heterocycles. The van der Waals surface area contributed by atoms with Gasteiger partial charge in [-0.2, -0.15) is 5.26 Å². The van der Waals surface area contributed by atoms with E-state index in [1.807, 2.05) is 11.0 Å². The van der Waals surface area contributed by atoms with Gasteiger partial charge in [0.05, 0.1) is 6.54 Å². The van der Waals surface area contributed by atoms with E-state index in [-0.39, 0.29) is 5.69 Å². The van der Waals surface area contributed by atoms with Gasteiger partial charge < -0.3 is 4.90 Å². The van der Waals surface area contributed by atoms with Crippen molar-refractivity contribution in [3.63, 3.8) is 0 Å². The van der Waals surface area contributed by atoms with Crippen LogP contribution in [0.1, 0.15) is 12.1 Å². The summed E-state index contributed by atoms with van der Waals surface area (Å²) in [7, 11) is 0. The van der Waals surface area contributed by atoms with E-state index in [9.17, 15) is 4.39 Å². The first-order valence-electron chi connectivity index (χ1n) is 4.76. The van der Waals surface area contributed by atoms with Crippen LogP contribution < -0.4 is 4.90 Å². The highest BCUT2D eigenvalue weighted by molar-refractivity contribution is 5.40. The van der Waals surface area contributed by atoms with Crippen molar-refractivity contribution < 1.29 is 4.39 Å². The molecule has 1 aliphatic heterocycles. The number of rotatable bonds is 1. The zero-order valence-corrected chi connectivity index (χ0v) is 8.10. The predicted molar refractivity (Wildman–Crippen MR) is 52.8 cm³/mol. The van der Waals surface area contributed by atoms with Crippen molar-refractivity contribution in [2.24, 2.45) is 0 Å². The van der Waals surface area contributed by atoms with Crippen LogP contribution in [0.2, 0.25) is 0 Å². The summed E-state index contributed by atoms with van der Waals surface area (Å²) in [6.07, 6.45) is 1.47. The second-order valence-electron chi connectivity index (χ2n) is 3.37. The number of nitrogens with zero attached hydrogens (tertiary/aromatic N) is 4. The molecule has 1 saturated heterocycles. The van der Waals surface area contributed by atoms with Crippen LogP contribution in [0.15, 0.2) is 12.1 Å². The maximum Gasteiger partial charge on any atom is 0.163 e. The van der Waals surface area contributed by atoms with E-state index in [2.05, 4.69) is 10.2 Å². The van der Waals surface area contributed by atoms with Crippen LogP contribution in [0.25, 0.3) is 0 Å². The molecule has 0 amide bonds. The van der Waals surface area contributed by atoms with E-state index in [1.54, 1.807) is 18.6 Å². The first kappa shape index (κ1) is 9.84. The van der Waals surface area contributed by atoms with Crippen LogP contribution >= 0.6 is 0 Å². The molecular formula is C10H10FN4. The van der Waals surface area contributed by atoms with E-state index < -0.39 is 6.17 Å². The lowest BCUT2D eigenvalue weighted by atomic mass is 10.1. The first-order chi connectivity index (χ1) is 7.29. The molecular weight excluding hydrogens is 195 g/mol. The zero-order valence-electron chi connectivity index (χ0n) is 8.10. The Balaban J connectivity index is 2.12. The molecule has 1 aliphatic rings. The monoisotopic (exact) mass is 205 g/mol. The van der Waals surface area contributed by atoms with E-state index in [0.717, 1.165) is 6.54 Å². The molecule has 0 aliphatic carbocycles. The van der Waals surface area contributed by atoms with Crippen molar-refractivity contribution in [1.29, 1.82) is 5.26 Å². The van der Waals surface area contributed by atoms with E-state index in [4.69, 9.17) is 5.26 Å². The van der Waals surface area contributed by atoms with Crippen LogP contribution in [-0.2, 0) is 0 Å². The molecule has 1 aromatic rings. The Morgan fingerprint density at radius 3 is 2.93 bits per heavy atom. The summed E-state index contributed by atoms with van der Waals surface area (Å²) < 4.78 is 13.1. The highest BCUT2D eigenvalue weighted by Crippen LogP contribution is 2.17. The highest BCUT2D eigenvalue weighted by Gasteiger charge is 2.20. The topological polar surface area (TPSA) is 52.8 Å². The minimum absolute atomic E-state index is 0.277. The molecule has 1 unspecified atom stereocenters. The van der Waals surface area contributed by atoms with Gasteiger partial charge >= 0.3 is 0 Å². The second kappa shape index (κ2) is 4.22. The molecule has 1 radical (unpaired) electrons. The fourth-order valence-electron chi connectivity index (χ4n) is 1.55. The Labute approximate surface area is 87.3 Å². The Kier molecular flexibility index (Phi) is 2.77. The largest absolute Gasteiger partial charge is 0.352 e. The number of hydrogen-bond acceptors (Lipinski definition) is 4. The molecule has 0 N–H and O–H groups in total. The van der Waals surface area contributed by atoms with Crippen molar-refractivity contribution in [2.75, 3.05) is 18.0 Å². The van der Waals surface area contributed by atoms with Gasteiger partial charge in [-0.1, -0.05) is 0 Å². The molecule has 5 heteroatoms. The Morgan fingerprint density at radius 2 is 2.33 bits per heavy atom. The standard InChI is InChI=1S/C10H10FN4/c11-8-2-1-5-15(7-8)10-4-3-9(6-12)13-14-10/h2-4,8H,1,5,7H2. The van der Waals surface area contributed by atoms with Crippen molar-refractivity contribution in [1.82, 2.24) is 10.2 Å². The fraction of sp³-hybridized carbons (Fsp3) is 0.400. The second-order valence-corrected chi connectivity index (χ2v) is 3.37. The molecule has 77 valence electrons. The summed E-state index contributed by atoms with van der Waals surface area (Å²) in [5.74, 6) is 0.629. The highest BCUT2D eigenvalue weighted by atomic mass is 19.1. The lowest BCUT2D eigenvalue weighted by Crippen LogP contribution is -2.37. The maximum absolute atomic E-state index is 13.1. The van der Waals surface area contributed by atoms with Crippen LogP contribution in [-0.4, -0.2) is 29.5 Å². The van der Waals surface area contributed by atoms with Crippen LogP contribution in [0.5, 0.6) is 0 Å². The Morgan fingerprint density at radius 1 is 1.47 bits per heavy atom. The number of hydrogen-bond donors (Lipinski definition) is 0. The number of piperidine rings is 1. The molecule has 4 nitrogen and oxygen atoms in total. The van der Waals surface area contributed by atoms with Crippen molar-refractivity contribution in [3.05, 3.63) is 24.2 Å². The van der Waals surface area contributed by atoms with Gasteiger partial charge in [-0.3, -0.25) is 0 Å². The molecule has 2 heterocycles. The van der Waals surface area contributed by atoms with Gasteiger partial charge in [-0.05, 0) is 25.0 Å². The quantitative estimate of drug-likeness (QED) is 0.689. The lowest BCUT2D eigenvalue weighted by molar-refractivity contribution is 0.347. The Bertz CT molecular complexity index is 370. The number of anilines is 1. The number of nitriles is 1. The lowest BCUT2D eigenvalue weighted by Gasteiger charge is -2.29. The smallest absolute Gasteiger partial charge is 0.163 e. The number of alkyl halides is 1. The first-order valence-corrected chi connectivity index (χ1v) is 4.76. The third kappa shape index (κ3) is 2.21. The van der Waals surface area contributed by atoms with Crippen molar-refractivity contribution in [3.8, 4) is 6.07 Å². The SMILES string of the molecule is N#Cc1ccc(N2CC[CH]C(F)C2)nn1. The third-order valence-electron chi connectivity index (χ3n) is 2.31. The Hall–Kier alpha value is -1.70. The summed E-state index contributed by atoms with van der Waals surface area (Å²) in [5, 5.41) is 16.1. The summed E-state index contributed by atoms with van der Waals surface area (Å²) in [4.78, 5) is 1.83. The molecule has 0 spiro atoms. The number of aromatic nitrogens is 2. The molecule has 2 rings (SSSR count). The molecule has 1 fully saturated rings. The molecule has 1 atom stereocenters. The van der Waals surface area contributed by atoms with Crippen LogP contribution in [0, 0.1) is 17.8 Å². The minimum Gasteiger partial charge on any atom is -0.352 e. The van der Waals surface area contributed by atoms with Gasteiger partial charge in [0.1, 0.15) is 12.2 Å². The summed E-state index contributed by atoms with van der Waals surface area (Å²) in [6.45, 7) is 1.07. The zero-order chi connectivity index (χ0) is 10.7. The van der Waals surface area contributed by atoms with E-state index in [1.165, 1.54) is 0 Å². The van der Waals surface area contributed by atoms with Gasteiger partial charge in [-0.25, -0.2) is 4.39 Å². The summed E-state index contributed by atoms with van der Waals surface area (Å²) >= 11 is 0.